The van der Waals surface area contributed by atoms with E-state index in [9.17, 15) is 28.8 Å². The zero-order valence-electron chi connectivity index (χ0n) is 16.3. The lowest BCUT2D eigenvalue weighted by Gasteiger charge is -2.42. The van der Waals surface area contributed by atoms with Gasteiger partial charge in [0.05, 0.1) is 19.0 Å². The van der Waals surface area contributed by atoms with Gasteiger partial charge in [0.2, 0.25) is 11.8 Å². The molecule has 31 heavy (non-hydrogen) atoms. The molecule has 5 amide bonds. The topological polar surface area (TPSA) is 185 Å². The summed E-state index contributed by atoms with van der Waals surface area (Å²) in [6, 6.07) is -3.26. The van der Waals surface area contributed by atoms with Crippen LogP contribution in [0.3, 0.4) is 0 Å². The Bertz CT molecular complexity index is 887. The van der Waals surface area contributed by atoms with Crippen LogP contribution in [0.5, 0.6) is 0 Å². The van der Waals surface area contributed by atoms with Crippen LogP contribution in [0.4, 0.5) is 4.79 Å². The molecular weight excluding hydrogens is 414 g/mol. The normalized spacial score (nSPS) is 19.9. The fourth-order valence-electron chi connectivity index (χ4n) is 3.38. The molecule has 4 N–H and O–H groups in total. The lowest BCUT2D eigenvalue weighted by atomic mass is 10.1. The van der Waals surface area contributed by atoms with Crippen molar-refractivity contribution < 1.29 is 33.9 Å². The number of aliphatic carboxylic acids is 1. The average Bonchev–Trinajstić information content (AvgIpc) is 3.25. The SMILES string of the molecule is O=C[C@H](CC(=O)O)NC(=O)[C@@H]1CCCN2C(=O)CCN(NC(=O)c3ncc[nH]3)C(=O)N12. The highest BCUT2D eigenvalue weighted by Crippen LogP contribution is 2.23. The maximum atomic E-state index is 13.1. The van der Waals surface area contributed by atoms with Gasteiger partial charge in [-0.05, 0) is 12.8 Å². The molecule has 0 unspecified atom stereocenters. The summed E-state index contributed by atoms with van der Waals surface area (Å²) in [6.07, 6.45) is 2.95. The van der Waals surface area contributed by atoms with E-state index in [-0.39, 0.29) is 38.0 Å². The van der Waals surface area contributed by atoms with Gasteiger partial charge in [-0.15, -0.1) is 0 Å². The molecule has 0 spiro atoms. The number of carbonyl (C=O) groups is 6. The van der Waals surface area contributed by atoms with Crippen LogP contribution in [-0.2, 0) is 19.2 Å². The van der Waals surface area contributed by atoms with Gasteiger partial charge in [0.25, 0.3) is 0 Å². The van der Waals surface area contributed by atoms with Crippen molar-refractivity contribution in [3.05, 3.63) is 18.2 Å². The van der Waals surface area contributed by atoms with Gasteiger partial charge in [0, 0.05) is 25.4 Å². The molecule has 2 saturated heterocycles. The smallest absolute Gasteiger partial charge is 0.358 e. The minimum absolute atomic E-state index is 0.0457. The van der Waals surface area contributed by atoms with E-state index in [0.717, 1.165) is 15.0 Å². The zero-order valence-corrected chi connectivity index (χ0v) is 16.3. The number of amides is 5. The van der Waals surface area contributed by atoms with Crippen molar-refractivity contribution >= 4 is 36.0 Å². The van der Waals surface area contributed by atoms with E-state index in [1.54, 1.807) is 0 Å². The molecule has 166 valence electrons. The Hall–Kier alpha value is -3.97. The summed E-state index contributed by atoms with van der Waals surface area (Å²) in [7, 11) is 0. The highest BCUT2D eigenvalue weighted by molar-refractivity contribution is 5.95. The second-order valence-corrected chi connectivity index (χ2v) is 6.93. The Morgan fingerprint density at radius 1 is 1.32 bits per heavy atom. The summed E-state index contributed by atoms with van der Waals surface area (Å²) >= 11 is 0. The molecule has 14 heteroatoms. The molecular formula is C17H21N7O7. The summed E-state index contributed by atoms with van der Waals surface area (Å²) in [5.74, 6) is -3.23. The van der Waals surface area contributed by atoms with Gasteiger partial charge in [0.15, 0.2) is 5.82 Å². The Balaban J connectivity index is 1.80. The van der Waals surface area contributed by atoms with Crippen LogP contribution in [0, 0.1) is 0 Å². The number of carboxylic acids is 1. The maximum Gasteiger partial charge on any atom is 0.358 e. The molecule has 0 aromatic carbocycles. The number of rotatable bonds is 7. The number of hydrazine groups is 2. The number of H-pyrrole nitrogens is 1. The van der Waals surface area contributed by atoms with Gasteiger partial charge in [-0.1, -0.05) is 0 Å². The number of imidazole rings is 1. The Morgan fingerprint density at radius 3 is 2.74 bits per heavy atom. The van der Waals surface area contributed by atoms with Gasteiger partial charge in [-0.2, -0.15) is 0 Å². The van der Waals surface area contributed by atoms with Crippen molar-refractivity contribution in [3.63, 3.8) is 0 Å². The third-order valence-corrected chi connectivity index (χ3v) is 4.81. The van der Waals surface area contributed by atoms with Crippen molar-refractivity contribution in [2.24, 2.45) is 0 Å². The first-order valence-corrected chi connectivity index (χ1v) is 9.50. The highest BCUT2D eigenvalue weighted by Gasteiger charge is 2.44. The minimum atomic E-state index is -1.28. The predicted octanol–water partition coefficient (Wildman–Crippen LogP) is -1.75. The first-order chi connectivity index (χ1) is 14.8. The van der Waals surface area contributed by atoms with Gasteiger partial charge in [-0.3, -0.25) is 24.6 Å². The molecule has 0 saturated carbocycles. The van der Waals surface area contributed by atoms with Crippen LogP contribution in [0.15, 0.2) is 12.4 Å². The molecule has 1 aromatic rings. The fourth-order valence-corrected chi connectivity index (χ4v) is 3.38. The first-order valence-electron chi connectivity index (χ1n) is 9.50. The number of nitrogens with one attached hydrogen (secondary N) is 3. The van der Waals surface area contributed by atoms with Crippen molar-refractivity contribution in [3.8, 4) is 0 Å². The van der Waals surface area contributed by atoms with Crippen LogP contribution < -0.4 is 10.7 Å². The lowest BCUT2D eigenvalue weighted by Crippen LogP contribution is -2.64. The van der Waals surface area contributed by atoms with E-state index in [0.29, 0.717) is 6.42 Å². The van der Waals surface area contributed by atoms with E-state index in [1.165, 1.54) is 12.4 Å². The molecule has 2 atom stereocenters. The number of fused-ring (bicyclic) bond motifs is 1. The van der Waals surface area contributed by atoms with Gasteiger partial charge >= 0.3 is 17.9 Å². The Kier molecular flexibility index (Phi) is 6.47. The molecule has 14 nitrogen and oxygen atoms in total. The molecule has 3 rings (SSSR count). The lowest BCUT2D eigenvalue weighted by molar-refractivity contribution is -0.155. The molecule has 0 aliphatic carbocycles. The number of carboxylic acid groups (broad SMARTS) is 1. The quantitative estimate of drug-likeness (QED) is 0.363. The monoisotopic (exact) mass is 435 g/mol. The van der Waals surface area contributed by atoms with E-state index in [4.69, 9.17) is 5.11 Å². The number of aldehydes is 1. The molecule has 1 aromatic heterocycles. The van der Waals surface area contributed by atoms with Gasteiger partial charge in [0.1, 0.15) is 12.3 Å². The summed E-state index contributed by atoms with van der Waals surface area (Å²) in [6.45, 7) is 0.0714. The molecule has 0 bridgehead atoms. The van der Waals surface area contributed by atoms with E-state index in [2.05, 4.69) is 20.7 Å². The molecule has 2 aliphatic rings. The van der Waals surface area contributed by atoms with Crippen molar-refractivity contribution in [2.75, 3.05) is 13.1 Å². The molecule has 0 radical (unpaired) electrons. The number of nitrogens with zero attached hydrogens (tertiary/aromatic N) is 4. The molecule has 2 aliphatic heterocycles. The average molecular weight is 435 g/mol. The van der Waals surface area contributed by atoms with E-state index >= 15 is 0 Å². The first kappa shape index (κ1) is 21.7. The molecule has 2 fully saturated rings. The van der Waals surface area contributed by atoms with Gasteiger partial charge in [-0.25, -0.2) is 24.8 Å². The Morgan fingerprint density at radius 2 is 2.10 bits per heavy atom. The van der Waals surface area contributed by atoms with Crippen molar-refractivity contribution in [1.82, 2.24) is 35.7 Å². The number of carbonyl (C=O) groups excluding carboxylic acids is 5. The second kappa shape index (κ2) is 9.23. The van der Waals surface area contributed by atoms with Crippen LogP contribution >= 0.6 is 0 Å². The van der Waals surface area contributed by atoms with Gasteiger partial charge < -0.3 is 20.2 Å². The summed E-state index contributed by atoms with van der Waals surface area (Å²) < 4.78 is 0. The minimum Gasteiger partial charge on any atom is -0.481 e. The third-order valence-electron chi connectivity index (χ3n) is 4.81. The second-order valence-electron chi connectivity index (χ2n) is 6.93. The van der Waals surface area contributed by atoms with Crippen LogP contribution in [0.2, 0.25) is 0 Å². The van der Waals surface area contributed by atoms with Crippen LogP contribution in [0.25, 0.3) is 0 Å². The number of aromatic amines is 1. The number of hydrogen-bond donors (Lipinski definition) is 4. The number of hydrogen-bond acceptors (Lipinski definition) is 7. The Labute approximate surface area is 175 Å². The largest absolute Gasteiger partial charge is 0.481 e. The predicted molar refractivity (Wildman–Crippen MR) is 99.6 cm³/mol. The number of aromatic nitrogens is 2. The third kappa shape index (κ3) is 4.79. The zero-order chi connectivity index (χ0) is 22.5. The summed E-state index contributed by atoms with van der Waals surface area (Å²) in [4.78, 5) is 79.1. The number of urea groups is 1. The van der Waals surface area contributed by atoms with Crippen LogP contribution in [0.1, 0.15) is 36.3 Å². The molecule has 3 heterocycles. The summed E-state index contributed by atoms with van der Waals surface area (Å²) in [5, 5.41) is 14.2. The van der Waals surface area contributed by atoms with E-state index in [1.807, 2.05) is 0 Å². The van der Waals surface area contributed by atoms with Crippen LogP contribution in [-0.4, -0.2) is 91.3 Å². The van der Waals surface area contributed by atoms with Crippen molar-refractivity contribution in [1.29, 1.82) is 0 Å². The standard InChI is InChI=1S/C17H21N7O7/c25-9-10(8-13(27)28)20-15(29)11-2-1-6-23-12(26)3-7-22(17(31)24(11)23)21-16(30)14-18-4-5-19-14/h4-5,9-11H,1-3,6-8H2,(H,18,19)(H,20,29)(H,21,30)(H,27,28)/t10-,11-/m0/s1. The summed E-state index contributed by atoms with van der Waals surface area (Å²) in [5.41, 5.74) is 2.37. The fraction of sp³-hybridized carbons (Fsp3) is 0.471. The maximum absolute atomic E-state index is 13.1. The highest BCUT2D eigenvalue weighted by atomic mass is 16.4. The van der Waals surface area contributed by atoms with E-state index < -0.39 is 48.2 Å². The van der Waals surface area contributed by atoms with Crippen molar-refractivity contribution in [2.45, 2.75) is 37.8 Å².